The van der Waals surface area contributed by atoms with Crippen LogP contribution in [0.25, 0.3) is 11.0 Å². The van der Waals surface area contributed by atoms with Crippen LogP contribution in [0, 0.1) is 5.82 Å². The van der Waals surface area contributed by atoms with E-state index in [4.69, 9.17) is 4.98 Å². The number of rotatable bonds is 5. The molecular weight excluding hydrogens is 331 g/mol. The number of carbonyl (C=O) groups excluding carboxylic acids is 1. The summed E-state index contributed by atoms with van der Waals surface area (Å²) < 4.78 is 15.1. The van der Waals surface area contributed by atoms with E-state index in [1.54, 1.807) is 18.3 Å². The van der Waals surface area contributed by atoms with Crippen molar-refractivity contribution in [2.24, 2.45) is 0 Å². The quantitative estimate of drug-likeness (QED) is 0.747. The molecule has 26 heavy (non-hydrogen) atoms. The van der Waals surface area contributed by atoms with Gasteiger partial charge in [0.1, 0.15) is 5.82 Å². The number of fused-ring (bicyclic) bond motifs is 1. The van der Waals surface area contributed by atoms with Crippen molar-refractivity contribution in [3.63, 3.8) is 0 Å². The first-order valence-corrected chi connectivity index (χ1v) is 8.77. The van der Waals surface area contributed by atoms with Gasteiger partial charge >= 0.3 is 0 Å². The minimum Gasteiger partial charge on any atom is -0.348 e. The molecule has 0 saturated heterocycles. The van der Waals surface area contributed by atoms with Gasteiger partial charge in [0.15, 0.2) is 5.65 Å². The van der Waals surface area contributed by atoms with Crippen molar-refractivity contribution in [3.8, 4) is 0 Å². The Labute approximate surface area is 152 Å². The van der Waals surface area contributed by atoms with E-state index >= 15 is 0 Å². The number of aromatic nitrogens is 3. The SMILES string of the molecule is CC(C)c1cc(C(=O)NCc2cccc(F)c2)c2cnn(C(C)C)c2n1. The summed E-state index contributed by atoms with van der Waals surface area (Å²) in [6, 6.07) is 8.17. The van der Waals surface area contributed by atoms with Crippen LogP contribution in [0.1, 0.15) is 61.3 Å². The normalized spacial score (nSPS) is 11.5. The van der Waals surface area contributed by atoms with Crippen molar-refractivity contribution in [2.75, 3.05) is 0 Å². The van der Waals surface area contributed by atoms with E-state index in [1.165, 1.54) is 12.1 Å². The smallest absolute Gasteiger partial charge is 0.252 e. The van der Waals surface area contributed by atoms with Gasteiger partial charge in [-0.25, -0.2) is 14.1 Å². The van der Waals surface area contributed by atoms with Crippen molar-refractivity contribution in [2.45, 2.75) is 46.2 Å². The molecule has 1 aromatic carbocycles. The molecule has 0 atom stereocenters. The highest BCUT2D eigenvalue weighted by atomic mass is 19.1. The van der Waals surface area contributed by atoms with E-state index in [9.17, 15) is 9.18 Å². The van der Waals surface area contributed by atoms with Crippen LogP contribution < -0.4 is 5.32 Å². The predicted octanol–water partition coefficient (Wildman–Crippen LogP) is 4.20. The molecule has 136 valence electrons. The second kappa shape index (κ2) is 7.23. The van der Waals surface area contributed by atoms with E-state index in [1.807, 2.05) is 38.4 Å². The highest BCUT2D eigenvalue weighted by Gasteiger charge is 2.18. The van der Waals surface area contributed by atoms with Gasteiger partial charge in [-0.15, -0.1) is 0 Å². The number of nitrogens with one attached hydrogen (secondary N) is 1. The fourth-order valence-corrected chi connectivity index (χ4v) is 2.82. The van der Waals surface area contributed by atoms with Crippen LogP contribution in [-0.4, -0.2) is 20.7 Å². The van der Waals surface area contributed by atoms with Crippen molar-refractivity contribution in [1.82, 2.24) is 20.1 Å². The fraction of sp³-hybridized carbons (Fsp3) is 0.350. The third kappa shape index (κ3) is 3.59. The molecule has 6 heteroatoms. The van der Waals surface area contributed by atoms with Crippen LogP contribution in [0.5, 0.6) is 0 Å². The molecule has 0 aliphatic carbocycles. The van der Waals surface area contributed by atoms with Gasteiger partial charge in [-0.1, -0.05) is 26.0 Å². The van der Waals surface area contributed by atoms with Gasteiger partial charge in [-0.05, 0) is 43.5 Å². The number of nitrogens with zero attached hydrogens (tertiary/aromatic N) is 3. The molecule has 0 aliphatic heterocycles. The van der Waals surface area contributed by atoms with Crippen molar-refractivity contribution < 1.29 is 9.18 Å². The van der Waals surface area contributed by atoms with Crippen LogP contribution in [0.3, 0.4) is 0 Å². The van der Waals surface area contributed by atoms with Gasteiger partial charge in [-0.3, -0.25) is 4.79 Å². The van der Waals surface area contributed by atoms with Gasteiger partial charge in [-0.2, -0.15) is 5.10 Å². The monoisotopic (exact) mass is 354 g/mol. The zero-order valence-corrected chi connectivity index (χ0v) is 15.5. The van der Waals surface area contributed by atoms with Gasteiger partial charge in [0.25, 0.3) is 5.91 Å². The molecule has 0 radical (unpaired) electrons. The zero-order chi connectivity index (χ0) is 18.8. The Kier molecular flexibility index (Phi) is 5.02. The van der Waals surface area contributed by atoms with Crippen LogP contribution in [0.15, 0.2) is 36.5 Å². The summed E-state index contributed by atoms with van der Waals surface area (Å²) in [5.74, 6) is -0.347. The molecule has 2 heterocycles. The second-order valence-electron chi connectivity index (χ2n) is 6.98. The molecule has 1 amide bonds. The molecule has 5 nitrogen and oxygen atoms in total. The van der Waals surface area contributed by atoms with Gasteiger partial charge in [0.2, 0.25) is 0 Å². The minimum atomic E-state index is -0.316. The maximum atomic E-state index is 13.3. The topological polar surface area (TPSA) is 59.8 Å². The lowest BCUT2D eigenvalue weighted by atomic mass is 10.0. The Bertz CT molecular complexity index is 946. The van der Waals surface area contributed by atoms with E-state index in [2.05, 4.69) is 10.4 Å². The number of hydrogen-bond donors (Lipinski definition) is 1. The molecular formula is C20H23FN4O. The Hall–Kier alpha value is -2.76. The van der Waals surface area contributed by atoms with Crippen molar-refractivity contribution in [3.05, 3.63) is 59.2 Å². The van der Waals surface area contributed by atoms with Crippen molar-refractivity contribution >= 4 is 16.9 Å². The molecule has 3 rings (SSSR count). The summed E-state index contributed by atoms with van der Waals surface area (Å²) in [5, 5.41) is 7.98. The molecule has 0 saturated carbocycles. The highest BCUT2D eigenvalue weighted by Crippen LogP contribution is 2.24. The summed E-state index contributed by atoms with van der Waals surface area (Å²) in [4.78, 5) is 17.5. The average molecular weight is 354 g/mol. The molecule has 0 fully saturated rings. The molecule has 0 bridgehead atoms. The number of hydrogen-bond acceptors (Lipinski definition) is 3. The standard InChI is InChI=1S/C20H23FN4O/c1-12(2)18-9-16(17-11-23-25(13(3)4)19(17)24-18)20(26)22-10-14-6-5-7-15(21)8-14/h5-9,11-13H,10H2,1-4H3,(H,22,26). The lowest BCUT2D eigenvalue weighted by Gasteiger charge is -2.12. The first-order chi connectivity index (χ1) is 12.4. The summed E-state index contributed by atoms with van der Waals surface area (Å²) >= 11 is 0. The van der Waals surface area contributed by atoms with Crippen LogP contribution in [0.4, 0.5) is 4.39 Å². The van der Waals surface area contributed by atoms with Gasteiger partial charge in [0.05, 0.1) is 17.1 Å². The lowest BCUT2D eigenvalue weighted by molar-refractivity contribution is 0.0952. The Morgan fingerprint density at radius 1 is 1.23 bits per heavy atom. The number of pyridine rings is 1. The van der Waals surface area contributed by atoms with Gasteiger partial charge < -0.3 is 5.32 Å². The summed E-state index contributed by atoms with van der Waals surface area (Å²) in [5.41, 5.74) is 2.81. The van der Waals surface area contributed by atoms with Gasteiger partial charge in [0, 0.05) is 18.3 Å². The summed E-state index contributed by atoms with van der Waals surface area (Å²) in [7, 11) is 0. The molecule has 1 N–H and O–H groups in total. The highest BCUT2D eigenvalue weighted by molar-refractivity contribution is 6.05. The summed E-state index contributed by atoms with van der Waals surface area (Å²) in [6.07, 6.45) is 1.68. The molecule has 2 aromatic heterocycles. The number of amides is 1. The molecule has 0 unspecified atom stereocenters. The van der Waals surface area contributed by atoms with Crippen LogP contribution >= 0.6 is 0 Å². The lowest BCUT2D eigenvalue weighted by Crippen LogP contribution is -2.23. The average Bonchev–Trinajstić information content (AvgIpc) is 3.03. The van der Waals surface area contributed by atoms with E-state index < -0.39 is 0 Å². The minimum absolute atomic E-state index is 0.144. The first kappa shape index (κ1) is 18.0. The van der Waals surface area contributed by atoms with Crippen LogP contribution in [-0.2, 0) is 6.54 Å². The Morgan fingerprint density at radius 2 is 2.00 bits per heavy atom. The maximum Gasteiger partial charge on any atom is 0.252 e. The third-order valence-corrected chi connectivity index (χ3v) is 4.25. The first-order valence-electron chi connectivity index (χ1n) is 8.77. The van der Waals surface area contributed by atoms with Crippen LogP contribution in [0.2, 0.25) is 0 Å². The van der Waals surface area contributed by atoms with E-state index in [-0.39, 0.29) is 30.2 Å². The maximum absolute atomic E-state index is 13.3. The summed E-state index contributed by atoms with van der Waals surface area (Å²) in [6.45, 7) is 8.40. The number of carbonyl (C=O) groups is 1. The molecule has 0 aliphatic rings. The number of halogens is 1. The van der Waals surface area contributed by atoms with E-state index in [0.717, 1.165) is 11.1 Å². The molecule has 0 spiro atoms. The number of benzene rings is 1. The molecule has 3 aromatic rings. The van der Waals surface area contributed by atoms with Crippen molar-refractivity contribution in [1.29, 1.82) is 0 Å². The Balaban J connectivity index is 1.96. The Morgan fingerprint density at radius 3 is 2.65 bits per heavy atom. The predicted molar refractivity (Wildman–Crippen MR) is 99.6 cm³/mol. The second-order valence-corrected chi connectivity index (χ2v) is 6.98. The largest absolute Gasteiger partial charge is 0.348 e. The zero-order valence-electron chi connectivity index (χ0n) is 15.5. The van der Waals surface area contributed by atoms with E-state index in [0.29, 0.717) is 16.8 Å². The fourth-order valence-electron chi connectivity index (χ4n) is 2.82. The third-order valence-electron chi connectivity index (χ3n) is 4.25.